The van der Waals surface area contributed by atoms with Crippen LogP contribution in [0.15, 0.2) is 146 Å². The molecule has 0 heteroatoms. The summed E-state index contributed by atoms with van der Waals surface area (Å²) in [5, 5.41) is 13.2. The molecule has 0 aromatic heterocycles. The van der Waals surface area contributed by atoms with Crippen LogP contribution >= 0.6 is 0 Å². The van der Waals surface area contributed by atoms with Crippen LogP contribution in [0, 0.1) is 0 Å². The van der Waals surface area contributed by atoms with E-state index in [-0.39, 0.29) is 5.41 Å². The van der Waals surface area contributed by atoms with E-state index in [1.165, 1.54) is 98.4 Å². The molecule has 210 valence electrons. The van der Waals surface area contributed by atoms with Crippen LogP contribution in [0.5, 0.6) is 0 Å². The van der Waals surface area contributed by atoms with E-state index < -0.39 is 0 Å². The summed E-state index contributed by atoms with van der Waals surface area (Å²) in [6, 6.07) is 54.7. The SMILES string of the molecule is CC1(C)c2cc(-c3cc4cccc5ccc6cccc3c6c54)ccc2-c2cc3c(-c4ccc5ccccc5c4)cccc3cc21. The molecule has 10 rings (SSSR count). The topological polar surface area (TPSA) is 0 Å². The minimum absolute atomic E-state index is 0.104. The molecular formula is C45H30. The van der Waals surface area contributed by atoms with Crippen molar-refractivity contribution >= 4 is 53.9 Å². The highest BCUT2D eigenvalue weighted by Gasteiger charge is 2.36. The van der Waals surface area contributed by atoms with Gasteiger partial charge in [0.1, 0.15) is 0 Å². The van der Waals surface area contributed by atoms with Crippen molar-refractivity contribution in [1.29, 1.82) is 0 Å². The summed E-state index contributed by atoms with van der Waals surface area (Å²) in [5.74, 6) is 0. The predicted octanol–water partition coefficient (Wildman–Crippen LogP) is 12.5. The monoisotopic (exact) mass is 570 g/mol. The summed E-state index contributed by atoms with van der Waals surface area (Å²) in [6.07, 6.45) is 0. The maximum atomic E-state index is 2.48. The van der Waals surface area contributed by atoms with E-state index in [0.29, 0.717) is 0 Å². The number of fused-ring (bicyclic) bond motifs is 5. The van der Waals surface area contributed by atoms with Gasteiger partial charge in [0.2, 0.25) is 0 Å². The molecule has 0 amide bonds. The molecule has 0 heterocycles. The molecular weight excluding hydrogens is 540 g/mol. The van der Waals surface area contributed by atoms with Gasteiger partial charge >= 0.3 is 0 Å². The molecule has 0 nitrogen and oxygen atoms in total. The molecule has 0 saturated carbocycles. The van der Waals surface area contributed by atoms with E-state index in [1.54, 1.807) is 0 Å². The van der Waals surface area contributed by atoms with Gasteiger partial charge < -0.3 is 0 Å². The second kappa shape index (κ2) is 8.80. The molecule has 9 aromatic carbocycles. The standard InChI is InChI=1S/C45H30/c1-45(2)41-25-33(38-23-34-13-5-10-28-17-18-29-11-6-15-37(38)44(29)43(28)34)20-21-36(41)40-26-39-31(24-42(40)45)12-7-14-35(39)32-19-16-27-8-3-4-9-30(27)22-32/h3-26H,1-2H3. The van der Waals surface area contributed by atoms with Crippen LogP contribution in [0.2, 0.25) is 0 Å². The first kappa shape index (κ1) is 24.9. The van der Waals surface area contributed by atoms with Crippen molar-refractivity contribution in [2.24, 2.45) is 0 Å². The average molecular weight is 571 g/mol. The largest absolute Gasteiger partial charge is 0.0616 e. The van der Waals surface area contributed by atoms with Crippen molar-refractivity contribution in [3.8, 4) is 33.4 Å². The molecule has 0 unspecified atom stereocenters. The number of hydrogen-bond acceptors (Lipinski definition) is 0. The molecule has 1 aliphatic carbocycles. The van der Waals surface area contributed by atoms with Gasteiger partial charge in [0, 0.05) is 5.41 Å². The molecule has 45 heavy (non-hydrogen) atoms. The van der Waals surface area contributed by atoms with Crippen LogP contribution in [0.4, 0.5) is 0 Å². The Labute approximate surface area is 262 Å². The highest BCUT2D eigenvalue weighted by Crippen LogP contribution is 2.52. The van der Waals surface area contributed by atoms with Crippen molar-refractivity contribution in [2.45, 2.75) is 19.3 Å². The van der Waals surface area contributed by atoms with Crippen LogP contribution in [0.1, 0.15) is 25.0 Å². The van der Waals surface area contributed by atoms with Crippen molar-refractivity contribution in [3.05, 3.63) is 157 Å². The molecule has 0 N–H and O–H groups in total. The average Bonchev–Trinajstić information content (AvgIpc) is 3.30. The molecule has 9 aromatic rings. The van der Waals surface area contributed by atoms with Gasteiger partial charge in [-0.25, -0.2) is 0 Å². The molecule has 0 spiro atoms. The van der Waals surface area contributed by atoms with Crippen LogP contribution in [0.3, 0.4) is 0 Å². The van der Waals surface area contributed by atoms with Gasteiger partial charge in [0.05, 0.1) is 0 Å². The highest BCUT2D eigenvalue weighted by atomic mass is 14.4. The van der Waals surface area contributed by atoms with Crippen LogP contribution in [0.25, 0.3) is 87.2 Å². The summed E-state index contributed by atoms with van der Waals surface area (Å²) in [4.78, 5) is 0. The first-order chi connectivity index (χ1) is 22.0. The molecule has 1 aliphatic rings. The van der Waals surface area contributed by atoms with Crippen molar-refractivity contribution < 1.29 is 0 Å². The minimum atomic E-state index is -0.104. The van der Waals surface area contributed by atoms with Crippen molar-refractivity contribution in [3.63, 3.8) is 0 Å². The second-order valence-corrected chi connectivity index (χ2v) is 13.3. The first-order valence-electron chi connectivity index (χ1n) is 15.9. The van der Waals surface area contributed by atoms with Gasteiger partial charge in [-0.1, -0.05) is 129 Å². The Morgan fingerprint density at radius 2 is 0.978 bits per heavy atom. The Kier molecular flexibility index (Phi) is 4.88. The number of hydrogen-bond donors (Lipinski definition) is 0. The van der Waals surface area contributed by atoms with Crippen molar-refractivity contribution in [1.82, 2.24) is 0 Å². The summed E-state index contributed by atoms with van der Waals surface area (Å²) < 4.78 is 0. The van der Waals surface area contributed by atoms with Gasteiger partial charge in [-0.2, -0.15) is 0 Å². The maximum absolute atomic E-state index is 2.48. The smallest absolute Gasteiger partial charge is 0.0159 e. The third-order valence-corrected chi connectivity index (χ3v) is 10.6. The Hall–Kier alpha value is -5.46. The van der Waals surface area contributed by atoms with Gasteiger partial charge in [0.25, 0.3) is 0 Å². The fraction of sp³-hybridized carbons (Fsp3) is 0.0667. The first-order valence-corrected chi connectivity index (χ1v) is 15.9. The number of benzene rings is 9. The predicted molar refractivity (Wildman–Crippen MR) is 194 cm³/mol. The Balaban J connectivity index is 1.18. The molecule has 0 radical (unpaired) electrons. The van der Waals surface area contributed by atoms with Gasteiger partial charge in [0.15, 0.2) is 0 Å². The zero-order chi connectivity index (χ0) is 29.9. The summed E-state index contributed by atoms with van der Waals surface area (Å²) in [7, 11) is 0. The van der Waals surface area contributed by atoms with E-state index in [0.717, 1.165) is 0 Å². The van der Waals surface area contributed by atoms with Crippen LogP contribution in [-0.2, 0) is 5.41 Å². The molecule has 0 aliphatic heterocycles. The summed E-state index contributed by atoms with van der Waals surface area (Å²) >= 11 is 0. The quantitative estimate of drug-likeness (QED) is 0.181. The lowest BCUT2D eigenvalue weighted by molar-refractivity contribution is 0.661. The summed E-state index contributed by atoms with van der Waals surface area (Å²) in [5.41, 5.74) is 10.6. The van der Waals surface area contributed by atoms with Gasteiger partial charge in [-0.15, -0.1) is 0 Å². The van der Waals surface area contributed by atoms with Crippen LogP contribution in [-0.4, -0.2) is 0 Å². The Morgan fingerprint density at radius 1 is 0.333 bits per heavy atom. The third kappa shape index (κ3) is 3.43. The minimum Gasteiger partial charge on any atom is -0.0616 e. The zero-order valence-electron chi connectivity index (χ0n) is 25.4. The van der Waals surface area contributed by atoms with E-state index in [2.05, 4.69) is 159 Å². The summed E-state index contributed by atoms with van der Waals surface area (Å²) in [6.45, 7) is 4.79. The van der Waals surface area contributed by atoms with Gasteiger partial charge in [-0.3, -0.25) is 0 Å². The normalized spacial score (nSPS) is 13.7. The Morgan fingerprint density at radius 3 is 1.87 bits per heavy atom. The fourth-order valence-electron chi connectivity index (χ4n) is 8.28. The zero-order valence-corrected chi connectivity index (χ0v) is 25.4. The molecule has 0 atom stereocenters. The van der Waals surface area contributed by atoms with E-state index in [1.807, 2.05) is 0 Å². The van der Waals surface area contributed by atoms with Crippen molar-refractivity contribution in [2.75, 3.05) is 0 Å². The lowest BCUT2D eigenvalue weighted by Crippen LogP contribution is -2.15. The Bertz CT molecular complexity index is 2670. The lowest BCUT2D eigenvalue weighted by atomic mass is 9.80. The fourth-order valence-corrected chi connectivity index (χ4v) is 8.28. The van der Waals surface area contributed by atoms with Gasteiger partial charge in [-0.05, 0) is 129 Å². The highest BCUT2D eigenvalue weighted by molar-refractivity contribution is 6.26. The van der Waals surface area contributed by atoms with E-state index >= 15 is 0 Å². The lowest BCUT2D eigenvalue weighted by Gasteiger charge is -2.23. The number of rotatable bonds is 2. The molecule has 0 fully saturated rings. The molecule has 0 bridgehead atoms. The third-order valence-electron chi connectivity index (χ3n) is 10.6. The van der Waals surface area contributed by atoms with E-state index in [4.69, 9.17) is 0 Å². The van der Waals surface area contributed by atoms with E-state index in [9.17, 15) is 0 Å². The second-order valence-electron chi connectivity index (χ2n) is 13.3. The molecule has 0 saturated heterocycles. The van der Waals surface area contributed by atoms with Crippen LogP contribution < -0.4 is 0 Å². The maximum Gasteiger partial charge on any atom is 0.0159 e.